The molecule has 2 heteroatoms. The summed E-state index contributed by atoms with van der Waals surface area (Å²) in [6, 6.07) is 9.84. The van der Waals surface area contributed by atoms with E-state index < -0.39 is 5.97 Å². The second-order valence-corrected chi connectivity index (χ2v) is 4.70. The lowest BCUT2D eigenvalue weighted by molar-refractivity contribution is -0.132. The van der Waals surface area contributed by atoms with Crippen molar-refractivity contribution in [2.45, 2.75) is 26.7 Å². The molecule has 0 aliphatic heterocycles. The molecule has 96 valence electrons. The number of carboxylic acids is 1. The van der Waals surface area contributed by atoms with Gasteiger partial charge in [0, 0.05) is 5.57 Å². The van der Waals surface area contributed by atoms with Crippen LogP contribution < -0.4 is 0 Å². The van der Waals surface area contributed by atoms with Crippen LogP contribution in [0.15, 0.2) is 48.1 Å². The summed E-state index contributed by atoms with van der Waals surface area (Å²) in [4.78, 5) is 11.1. The minimum atomic E-state index is -0.826. The van der Waals surface area contributed by atoms with Crippen molar-refractivity contribution in [3.05, 3.63) is 53.6 Å². The summed E-state index contributed by atoms with van der Waals surface area (Å²) in [5, 5.41) is 9.08. The third-order valence-electron chi connectivity index (χ3n) is 2.65. The van der Waals surface area contributed by atoms with E-state index in [9.17, 15) is 4.79 Å². The quantitative estimate of drug-likeness (QED) is 0.603. The van der Waals surface area contributed by atoms with E-state index in [1.54, 1.807) is 12.2 Å². The Kier molecular flexibility index (Phi) is 5.92. The smallest absolute Gasteiger partial charge is 0.331 e. The van der Waals surface area contributed by atoms with Gasteiger partial charge < -0.3 is 5.11 Å². The zero-order chi connectivity index (χ0) is 13.4. The van der Waals surface area contributed by atoms with Crippen molar-refractivity contribution in [2.24, 2.45) is 5.92 Å². The fourth-order valence-electron chi connectivity index (χ4n) is 1.55. The van der Waals surface area contributed by atoms with Gasteiger partial charge >= 0.3 is 5.97 Å². The molecule has 0 unspecified atom stereocenters. The number of rotatable bonds is 6. The van der Waals surface area contributed by atoms with Crippen molar-refractivity contribution in [3.8, 4) is 0 Å². The van der Waals surface area contributed by atoms with Crippen LogP contribution in [0.3, 0.4) is 0 Å². The van der Waals surface area contributed by atoms with Crippen LogP contribution in [0.2, 0.25) is 0 Å². The Hall–Kier alpha value is -1.83. The number of carboxylic acid groups (broad SMARTS) is 1. The first kappa shape index (κ1) is 14.2. The molecule has 0 amide bonds. The molecular formula is C16H20O2. The molecule has 18 heavy (non-hydrogen) atoms. The number of hydrogen-bond donors (Lipinski definition) is 1. The van der Waals surface area contributed by atoms with Gasteiger partial charge in [-0.1, -0.05) is 62.4 Å². The van der Waals surface area contributed by atoms with Crippen molar-refractivity contribution >= 4 is 12.0 Å². The molecule has 0 saturated carbocycles. The summed E-state index contributed by atoms with van der Waals surface area (Å²) >= 11 is 0. The van der Waals surface area contributed by atoms with Crippen LogP contribution >= 0.6 is 0 Å². The molecule has 1 aromatic rings. The highest BCUT2D eigenvalue weighted by molar-refractivity contribution is 5.87. The van der Waals surface area contributed by atoms with E-state index in [4.69, 9.17) is 5.11 Å². The van der Waals surface area contributed by atoms with Gasteiger partial charge in [-0.25, -0.2) is 4.79 Å². The molecule has 1 rings (SSSR count). The highest BCUT2D eigenvalue weighted by Gasteiger charge is 2.06. The SMILES string of the molecule is CC(C)CCC(=CC=Cc1ccccc1)C(=O)O. The van der Waals surface area contributed by atoms with Gasteiger partial charge in [-0.3, -0.25) is 0 Å². The second-order valence-electron chi connectivity index (χ2n) is 4.70. The first-order valence-electron chi connectivity index (χ1n) is 6.25. The lowest BCUT2D eigenvalue weighted by Crippen LogP contribution is -2.01. The van der Waals surface area contributed by atoms with E-state index in [2.05, 4.69) is 13.8 Å². The Labute approximate surface area is 109 Å². The van der Waals surface area contributed by atoms with E-state index in [-0.39, 0.29) is 0 Å². The molecule has 0 aromatic heterocycles. The Morgan fingerprint density at radius 1 is 1.28 bits per heavy atom. The van der Waals surface area contributed by atoms with Gasteiger partial charge in [0.15, 0.2) is 0 Å². The topological polar surface area (TPSA) is 37.3 Å². The molecule has 1 N–H and O–H groups in total. The van der Waals surface area contributed by atoms with Crippen molar-refractivity contribution in [3.63, 3.8) is 0 Å². The zero-order valence-electron chi connectivity index (χ0n) is 11.0. The van der Waals surface area contributed by atoms with Gasteiger partial charge in [-0.15, -0.1) is 0 Å². The van der Waals surface area contributed by atoms with Gasteiger partial charge in [0.25, 0.3) is 0 Å². The van der Waals surface area contributed by atoms with Crippen molar-refractivity contribution in [2.75, 3.05) is 0 Å². The lowest BCUT2D eigenvalue weighted by Gasteiger charge is -2.04. The largest absolute Gasteiger partial charge is 0.478 e. The highest BCUT2D eigenvalue weighted by Crippen LogP contribution is 2.12. The molecular weight excluding hydrogens is 224 g/mol. The first-order chi connectivity index (χ1) is 8.59. The standard InChI is InChI=1S/C16H20O2/c1-13(2)11-12-15(16(17)18)10-6-9-14-7-4-3-5-8-14/h3-10,13H,11-12H2,1-2H3,(H,17,18). The number of benzene rings is 1. The number of carbonyl (C=O) groups is 1. The summed E-state index contributed by atoms with van der Waals surface area (Å²) in [6.07, 6.45) is 6.93. The first-order valence-corrected chi connectivity index (χ1v) is 6.25. The van der Waals surface area contributed by atoms with Crippen molar-refractivity contribution in [1.82, 2.24) is 0 Å². The monoisotopic (exact) mass is 244 g/mol. The Morgan fingerprint density at radius 3 is 2.50 bits per heavy atom. The van der Waals surface area contributed by atoms with E-state index in [0.29, 0.717) is 17.9 Å². The molecule has 0 saturated heterocycles. The van der Waals surface area contributed by atoms with Crippen LogP contribution in [-0.4, -0.2) is 11.1 Å². The van der Waals surface area contributed by atoms with Gasteiger partial charge in [-0.2, -0.15) is 0 Å². The Balaban J connectivity index is 2.66. The van der Waals surface area contributed by atoms with Crippen LogP contribution in [0, 0.1) is 5.92 Å². The van der Waals surface area contributed by atoms with Crippen LogP contribution in [-0.2, 0) is 4.79 Å². The minimum absolute atomic E-state index is 0.468. The van der Waals surface area contributed by atoms with Gasteiger partial charge in [0.2, 0.25) is 0 Å². The molecule has 0 radical (unpaired) electrons. The lowest BCUT2D eigenvalue weighted by atomic mass is 10.0. The average molecular weight is 244 g/mol. The van der Waals surface area contributed by atoms with Crippen LogP contribution in [0.1, 0.15) is 32.3 Å². The summed E-state index contributed by atoms with van der Waals surface area (Å²) in [7, 11) is 0. The highest BCUT2D eigenvalue weighted by atomic mass is 16.4. The molecule has 1 aromatic carbocycles. The van der Waals surface area contributed by atoms with Crippen LogP contribution in [0.25, 0.3) is 6.08 Å². The Bertz CT molecular complexity index is 428. The fraction of sp³-hybridized carbons (Fsp3) is 0.312. The second kappa shape index (κ2) is 7.49. The zero-order valence-corrected chi connectivity index (χ0v) is 11.0. The van der Waals surface area contributed by atoms with Crippen molar-refractivity contribution < 1.29 is 9.90 Å². The van der Waals surface area contributed by atoms with Gasteiger partial charge in [0.1, 0.15) is 0 Å². The van der Waals surface area contributed by atoms with Crippen LogP contribution in [0.4, 0.5) is 0 Å². The molecule has 0 atom stereocenters. The third kappa shape index (κ3) is 5.48. The van der Waals surface area contributed by atoms with E-state index in [1.807, 2.05) is 36.4 Å². The number of allylic oxidation sites excluding steroid dienone is 2. The maximum atomic E-state index is 11.1. The number of hydrogen-bond acceptors (Lipinski definition) is 1. The summed E-state index contributed by atoms with van der Waals surface area (Å²) in [5.41, 5.74) is 1.54. The molecule has 0 aliphatic carbocycles. The summed E-state index contributed by atoms with van der Waals surface area (Å²) in [5.74, 6) is -0.306. The maximum Gasteiger partial charge on any atom is 0.331 e. The van der Waals surface area contributed by atoms with Gasteiger partial charge in [0.05, 0.1) is 0 Å². The van der Waals surface area contributed by atoms with Gasteiger partial charge in [-0.05, 0) is 24.3 Å². The molecule has 0 heterocycles. The summed E-state index contributed by atoms with van der Waals surface area (Å²) < 4.78 is 0. The van der Waals surface area contributed by atoms with E-state index in [1.165, 1.54) is 0 Å². The molecule has 2 nitrogen and oxygen atoms in total. The Morgan fingerprint density at radius 2 is 1.94 bits per heavy atom. The van der Waals surface area contributed by atoms with Crippen LogP contribution in [0.5, 0.6) is 0 Å². The van der Waals surface area contributed by atoms with Crippen molar-refractivity contribution in [1.29, 1.82) is 0 Å². The summed E-state index contributed by atoms with van der Waals surface area (Å²) in [6.45, 7) is 4.19. The van der Waals surface area contributed by atoms with E-state index in [0.717, 1.165) is 12.0 Å². The molecule has 0 aliphatic rings. The normalized spacial score (nSPS) is 12.3. The molecule has 0 spiro atoms. The third-order valence-corrected chi connectivity index (χ3v) is 2.65. The maximum absolute atomic E-state index is 11.1. The fourth-order valence-corrected chi connectivity index (χ4v) is 1.55. The molecule has 0 fully saturated rings. The minimum Gasteiger partial charge on any atom is -0.478 e. The van der Waals surface area contributed by atoms with E-state index >= 15 is 0 Å². The average Bonchev–Trinajstić information content (AvgIpc) is 2.34. The molecule has 0 bridgehead atoms. The number of aliphatic carboxylic acids is 1. The predicted octanol–water partition coefficient (Wildman–Crippen LogP) is 4.15. The predicted molar refractivity (Wildman–Crippen MR) is 75.3 cm³/mol.